The Morgan fingerprint density at radius 3 is 2.80 bits per heavy atom. The molecule has 0 fully saturated rings. The topological polar surface area (TPSA) is 25.2 Å². The zero-order valence-electron chi connectivity index (χ0n) is 10.9. The first-order valence-electron chi connectivity index (χ1n) is 6.30. The number of nitrogens with one attached hydrogen (secondary N) is 1. The van der Waals surface area contributed by atoms with Crippen molar-refractivity contribution in [1.29, 1.82) is 0 Å². The highest BCUT2D eigenvalue weighted by Gasteiger charge is 2.11. The lowest BCUT2D eigenvalue weighted by Gasteiger charge is -2.05. The largest absolute Gasteiger partial charge is 0.453 e. The molecule has 20 heavy (non-hydrogen) atoms. The van der Waals surface area contributed by atoms with Crippen LogP contribution in [0.4, 0.5) is 4.39 Å². The molecule has 0 amide bonds. The van der Waals surface area contributed by atoms with Crippen molar-refractivity contribution in [2.24, 2.45) is 0 Å². The molecule has 3 rings (SSSR count). The summed E-state index contributed by atoms with van der Waals surface area (Å²) >= 11 is 6.14. The molecule has 3 aromatic rings. The van der Waals surface area contributed by atoms with Gasteiger partial charge in [0, 0.05) is 22.5 Å². The van der Waals surface area contributed by atoms with Crippen LogP contribution in [-0.2, 0) is 6.54 Å². The summed E-state index contributed by atoms with van der Waals surface area (Å²) in [6, 6.07) is 12.4. The van der Waals surface area contributed by atoms with Gasteiger partial charge in [-0.15, -0.1) is 0 Å². The molecule has 0 bridgehead atoms. The molecule has 0 atom stereocenters. The lowest BCUT2D eigenvalue weighted by atomic mass is 10.1. The molecule has 2 nitrogen and oxygen atoms in total. The number of para-hydroxylation sites is 1. The van der Waals surface area contributed by atoms with Crippen LogP contribution < -0.4 is 5.32 Å². The number of halogens is 2. The second kappa shape index (κ2) is 5.27. The van der Waals surface area contributed by atoms with Gasteiger partial charge in [-0.3, -0.25) is 0 Å². The van der Waals surface area contributed by atoms with Crippen LogP contribution in [0, 0.1) is 5.82 Å². The van der Waals surface area contributed by atoms with Gasteiger partial charge in [0.1, 0.15) is 5.76 Å². The number of furan rings is 1. The molecular formula is C16H13ClFNO. The number of benzene rings is 2. The van der Waals surface area contributed by atoms with E-state index < -0.39 is 0 Å². The Kier molecular flexibility index (Phi) is 3.47. The normalized spacial score (nSPS) is 11.2. The summed E-state index contributed by atoms with van der Waals surface area (Å²) < 4.78 is 19.3. The van der Waals surface area contributed by atoms with Crippen LogP contribution in [0.3, 0.4) is 0 Å². The summed E-state index contributed by atoms with van der Waals surface area (Å²) in [4.78, 5) is 0. The van der Waals surface area contributed by atoms with Crippen LogP contribution in [0.5, 0.6) is 0 Å². The van der Waals surface area contributed by atoms with E-state index >= 15 is 0 Å². The highest BCUT2D eigenvalue weighted by Crippen LogP contribution is 2.31. The highest BCUT2D eigenvalue weighted by molar-refractivity contribution is 6.31. The van der Waals surface area contributed by atoms with Crippen LogP contribution in [0.2, 0.25) is 5.02 Å². The smallest absolute Gasteiger partial charge is 0.170 e. The van der Waals surface area contributed by atoms with E-state index in [0.717, 1.165) is 16.5 Å². The SMILES string of the molecule is CNCc1cc(-c2cc3cccc(F)c3o2)ccc1Cl. The van der Waals surface area contributed by atoms with Gasteiger partial charge in [-0.25, -0.2) is 4.39 Å². The van der Waals surface area contributed by atoms with Gasteiger partial charge in [-0.05, 0) is 42.9 Å². The van der Waals surface area contributed by atoms with Crippen molar-refractivity contribution in [3.8, 4) is 11.3 Å². The maximum atomic E-state index is 13.7. The van der Waals surface area contributed by atoms with Crippen LogP contribution >= 0.6 is 11.6 Å². The summed E-state index contributed by atoms with van der Waals surface area (Å²) in [6.45, 7) is 0.668. The van der Waals surface area contributed by atoms with Crippen LogP contribution in [-0.4, -0.2) is 7.05 Å². The monoisotopic (exact) mass is 289 g/mol. The molecule has 0 aliphatic carbocycles. The summed E-state index contributed by atoms with van der Waals surface area (Å²) in [6.07, 6.45) is 0. The first-order valence-corrected chi connectivity index (χ1v) is 6.68. The van der Waals surface area contributed by atoms with E-state index in [0.29, 0.717) is 17.3 Å². The molecule has 102 valence electrons. The van der Waals surface area contributed by atoms with E-state index in [1.165, 1.54) is 6.07 Å². The van der Waals surface area contributed by atoms with E-state index in [1.54, 1.807) is 6.07 Å². The average Bonchev–Trinajstić information content (AvgIpc) is 2.87. The van der Waals surface area contributed by atoms with Crippen molar-refractivity contribution in [2.45, 2.75) is 6.54 Å². The van der Waals surface area contributed by atoms with Gasteiger partial charge < -0.3 is 9.73 Å². The van der Waals surface area contributed by atoms with Gasteiger partial charge in [0.15, 0.2) is 11.4 Å². The molecule has 0 spiro atoms. The number of rotatable bonds is 3. The summed E-state index contributed by atoms with van der Waals surface area (Å²) in [7, 11) is 1.86. The second-order valence-corrected chi connectivity index (χ2v) is 5.01. The van der Waals surface area contributed by atoms with Gasteiger partial charge in [0.25, 0.3) is 0 Å². The Balaban J connectivity index is 2.11. The zero-order valence-corrected chi connectivity index (χ0v) is 11.7. The second-order valence-electron chi connectivity index (χ2n) is 4.61. The number of fused-ring (bicyclic) bond motifs is 1. The van der Waals surface area contributed by atoms with E-state index in [-0.39, 0.29) is 11.4 Å². The van der Waals surface area contributed by atoms with Crippen molar-refractivity contribution in [3.05, 3.63) is 58.9 Å². The first kappa shape index (κ1) is 13.2. The third-order valence-electron chi connectivity index (χ3n) is 3.19. The van der Waals surface area contributed by atoms with Gasteiger partial charge in [-0.1, -0.05) is 23.7 Å². The van der Waals surface area contributed by atoms with Crippen molar-refractivity contribution in [3.63, 3.8) is 0 Å². The van der Waals surface area contributed by atoms with Crippen LogP contribution in [0.1, 0.15) is 5.56 Å². The quantitative estimate of drug-likeness (QED) is 0.761. The fraction of sp³-hybridized carbons (Fsp3) is 0.125. The van der Waals surface area contributed by atoms with Crippen molar-refractivity contribution >= 4 is 22.6 Å². The lowest BCUT2D eigenvalue weighted by molar-refractivity contribution is 0.568. The molecule has 1 aromatic heterocycles. The molecule has 0 radical (unpaired) electrons. The van der Waals surface area contributed by atoms with E-state index in [2.05, 4.69) is 5.32 Å². The molecule has 1 heterocycles. The van der Waals surface area contributed by atoms with Crippen molar-refractivity contribution < 1.29 is 8.81 Å². The Morgan fingerprint density at radius 1 is 1.20 bits per heavy atom. The maximum Gasteiger partial charge on any atom is 0.170 e. The summed E-state index contributed by atoms with van der Waals surface area (Å²) in [5, 5.41) is 4.52. The van der Waals surface area contributed by atoms with Crippen LogP contribution in [0.25, 0.3) is 22.3 Å². The minimum Gasteiger partial charge on any atom is -0.453 e. The molecule has 0 saturated heterocycles. The molecular weight excluding hydrogens is 277 g/mol. The highest BCUT2D eigenvalue weighted by atomic mass is 35.5. The maximum absolute atomic E-state index is 13.7. The predicted molar refractivity (Wildman–Crippen MR) is 79.4 cm³/mol. The predicted octanol–water partition coefficient (Wildman–Crippen LogP) is 4.61. The molecule has 0 saturated carbocycles. The fourth-order valence-corrected chi connectivity index (χ4v) is 2.41. The third kappa shape index (κ3) is 2.30. The molecule has 4 heteroatoms. The van der Waals surface area contributed by atoms with E-state index in [9.17, 15) is 4.39 Å². The molecule has 2 aromatic carbocycles. The molecule has 0 unspecified atom stereocenters. The van der Waals surface area contributed by atoms with Gasteiger partial charge >= 0.3 is 0 Å². The summed E-state index contributed by atoms with van der Waals surface area (Å²) in [5.74, 6) is 0.289. The molecule has 0 aliphatic rings. The van der Waals surface area contributed by atoms with E-state index in [1.807, 2.05) is 37.4 Å². The Labute approximate surface area is 121 Å². The standard InChI is InChI=1S/C16H13ClFNO/c1-19-9-12-7-10(5-6-13(12)17)15-8-11-3-2-4-14(18)16(11)20-15/h2-8,19H,9H2,1H3. The summed E-state index contributed by atoms with van der Waals surface area (Å²) in [5.41, 5.74) is 2.15. The van der Waals surface area contributed by atoms with Crippen molar-refractivity contribution in [2.75, 3.05) is 7.05 Å². The van der Waals surface area contributed by atoms with Gasteiger partial charge in [-0.2, -0.15) is 0 Å². The Morgan fingerprint density at radius 2 is 2.05 bits per heavy atom. The van der Waals surface area contributed by atoms with Gasteiger partial charge in [0.05, 0.1) is 0 Å². The van der Waals surface area contributed by atoms with E-state index in [4.69, 9.17) is 16.0 Å². The number of hydrogen-bond donors (Lipinski definition) is 1. The fourth-order valence-electron chi connectivity index (χ4n) is 2.22. The molecule has 1 N–H and O–H groups in total. The zero-order chi connectivity index (χ0) is 14.1. The number of hydrogen-bond acceptors (Lipinski definition) is 2. The Hall–Kier alpha value is -1.84. The minimum absolute atomic E-state index is 0.285. The molecule has 0 aliphatic heterocycles. The average molecular weight is 290 g/mol. The van der Waals surface area contributed by atoms with Crippen LogP contribution in [0.15, 0.2) is 46.9 Å². The lowest BCUT2D eigenvalue weighted by Crippen LogP contribution is -2.05. The van der Waals surface area contributed by atoms with Gasteiger partial charge in [0.2, 0.25) is 0 Å². The third-order valence-corrected chi connectivity index (χ3v) is 3.56. The van der Waals surface area contributed by atoms with Crippen molar-refractivity contribution in [1.82, 2.24) is 5.32 Å². The Bertz CT molecular complexity index is 766. The minimum atomic E-state index is -0.349. The first-order chi connectivity index (χ1) is 9.69.